The molecule has 3 aliphatic heterocycles. The monoisotopic (exact) mass is 765 g/mol. The van der Waals surface area contributed by atoms with Crippen LogP contribution in [0.1, 0.15) is 91.8 Å². The number of rotatable bonds is 9. The van der Waals surface area contributed by atoms with Crippen molar-refractivity contribution in [3.05, 3.63) is 64.2 Å². The van der Waals surface area contributed by atoms with Crippen LogP contribution in [0.3, 0.4) is 0 Å². The molecule has 2 unspecified atom stereocenters. The fraction of sp³-hybridized carbons (Fsp3) is 0.575. The minimum Gasteiger partial charge on any atom is -0.497 e. The number of carbonyl (C=O) groups excluding carboxylic acids is 3. The first-order valence-electron chi connectivity index (χ1n) is 19.0. The lowest BCUT2D eigenvalue weighted by Gasteiger charge is -2.47. The van der Waals surface area contributed by atoms with Gasteiger partial charge >= 0.3 is 22.3 Å². The molecular weight excluding hydrogens is 711 g/mol. The van der Waals surface area contributed by atoms with Crippen LogP contribution in [0.5, 0.6) is 5.75 Å². The lowest BCUT2D eigenvalue weighted by molar-refractivity contribution is -0.136. The Bertz CT molecular complexity index is 1860. The molecule has 14 heteroatoms. The Morgan fingerprint density at radius 2 is 1.65 bits per heavy atom. The number of hydrogen-bond donors (Lipinski definition) is 1. The van der Waals surface area contributed by atoms with Crippen molar-refractivity contribution in [1.29, 1.82) is 0 Å². The molecular formula is C40H55N5O8S. The van der Waals surface area contributed by atoms with E-state index in [1.54, 1.807) is 24.1 Å². The topological polar surface area (TPSA) is 138 Å². The van der Waals surface area contributed by atoms with E-state index in [0.29, 0.717) is 56.5 Å². The highest BCUT2D eigenvalue weighted by Gasteiger charge is 2.42. The van der Waals surface area contributed by atoms with Crippen molar-refractivity contribution in [2.75, 3.05) is 78.5 Å². The Kier molecular flexibility index (Phi) is 11.9. The SMILES string of the molecule is COC(=O)C1=Cc2cc(OC)ccc2C2CN(C1)c1cc(C(=O)NS(=O)(=O)N(C)CCN3CCN(C(=O)OC(C)(C)C)CC3)ccc1C2C1CCCCC1. The summed E-state index contributed by atoms with van der Waals surface area (Å²) >= 11 is 0. The summed E-state index contributed by atoms with van der Waals surface area (Å²) in [6, 6.07) is 11.6. The second kappa shape index (κ2) is 16.3. The second-order valence-corrected chi connectivity index (χ2v) is 17.7. The van der Waals surface area contributed by atoms with Crippen molar-refractivity contribution < 1.29 is 37.0 Å². The zero-order valence-electron chi connectivity index (χ0n) is 32.4. The zero-order chi connectivity index (χ0) is 38.8. The highest BCUT2D eigenvalue weighted by molar-refractivity contribution is 7.87. The highest BCUT2D eigenvalue weighted by atomic mass is 32.2. The number of anilines is 1. The van der Waals surface area contributed by atoms with Crippen molar-refractivity contribution in [2.24, 2.45) is 5.92 Å². The highest BCUT2D eigenvalue weighted by Crippen LogP contribution is 2.52. The molecule has 3 heterocycles. The molecule has 0 aromatic heterocycles. The molecule has 1 N–H and O–H groups in total. The molecule has 1 aliphatic carbocycles. The Hall–Kier alpha value is -4.14. The van der Waals surface area contributed by atoms with Gasteiger partial charge in [-0.3, -0.25) is 9.69 Å². The summed E-state index contributed by atoms with van der Waals surface area (Å²) < 4.78 is 46.5. The number of piperazine rings is 1. The minimum absolute atomic E-state index is 0.131. The first kappa shape index (κ1) is 39.6. The number of fused-ring (bicyclic) bond motifs is 6. The van der Waals surface area contributed by atoms with Crippen molar-refractivity contribution in [1.82, 2.24) is 18.8 Å². The van der Waals surface area contributed by atoms with Gasteiger partial charge in [0.25, 0.3) is 5.91 Å². The van der Waals surface area contributed by atoms with Gasteiger partial charge in [-0.25, -0.2) is 14.3 Å². The Morgan fingerprint density at radius 1 is 0.944 bits per heavy atom. The van der Waals surface area contributed by atoms with E-state index in [1.165, 1.54) is 33.4 Å². The summed E-state index contributed by atoms with van der Waals surface area (Å²) in [5.74, 6) is 0.301. The standard InChI is InChI=1S/C40H55N5O8S/c1-40(2,3)53-39(48)44-20-18-43(19-21-44)17-16-42(4)54(49,50)41-37(46)28-12-14-33-35(24-28)45-25-30(38(47)52-6)22-29-23-31(51-5)13-15-32(29)34(26-45)36(33)27-10-8-7-9-11-27/h12-15,22-24,27,34,36H,7-11,16-21,25-26H2,1-6H3,(H,41,46). The molecule has 6 rings (SSSR count). The molecule has 2 aromatic rings. The van der Waals surface area contributed by atoms with Gasteiger partial charge in [-0.15, -0.1) is 0 Å². The summed E-state index contributed by atoms with van der Waals surface area (Å²) in [7, 11) is 0.285. The summed E-state index contributed by atoms with van der Waals surface area (Å²) in [6.45, 7) is 9.12. The second-order valence-electron chi connectivity index (χ2n) is 15.9. The van der Waals surface area contributed by atoms with E-state index in [-0.39, 0.29) is 36.6 Å². The zero-order valence-corrected chi connectivity index (χ0v) is 33.2. The van der Waals surface area contributed by atoms with Crippen LogP contribution >= 0.6 is 0 Å². The molecule has 2 atom stereocenters. The van der Waals surface area contributed by atoms with E-state index < -0.39 is 27.7 Å². The summed E-state index contributed by atoms with van der Waals surface area (Å²) in [6.07, 6.45) is 7.33. The number of amides is 2. The van der Waals surface area contributed by atoms with E-state index in [2.05, 4.69) is 20.6 Å². The van der Waals surface area contributed by atoms with E-state index >= 15 is 0 Å². The van der Waals surface area contributed by atoms with Gasteiger partial charge in [-0.2, -0.15) is 12.7 Å². The van der Waals surface area contributed by atoms with Crippen LogP contribution in [0.25, 0.3) is 6.08 Å². The number of carbonyl (C=O) groups is 3. The quantitative estimate of drug-likeness (QED) is 0.348. The maximum absolute atomic E-state index is 13.7. The number of ether oxygens (including phenoxy) is 3. The molecule has 4 aliphatic rings. The Morgan fingerprint density at radius 3 is 2.31 bits per heavy atom. The first-order chi connectivity index (χ1) is 25.7. The number of benzene rings is 2. The molecule has 54 heavy (non-hydrogen) atoms. The molecule has 294 valence electrons. The van der Waals surface area contributed by atoms with Gasteiger partial charge in [0, 0.05) is 70.0 Å². The van der Waals surface area contributed by atoms with E-state index in [1.807, 2.05) is 45.0 Å². The number of nitrogens with one attached hydrogen (secondary N) is 1. The number of esters is 1. The van der Waals surface area contributed by atoms with Crippen LogP contribution < -0.4 is 14.4 Å². The molecule has 13 nitrogen and oxygen atoms in total. The predicted octanol–water partition coefficient (Wildman–Crippen LogP) is 4.99. The fourth-order valence-electron chi connectivity index (χ4n) is 8.40. The molecule has 0 radical (unpaired) electrons. The number of methoxy groups -OCH3 is 2. The van der Waals surface area contributed by atoms with Gasteiger partial charge in [0.15, 0.2) is 0 Å². The molecule has 2 bridgehead atoms. The third-order valence-corrected chi connectivity index (χ3v) is 12.7. The van der Waals surface area contributed by atoms with Crippen LogP contribution in [0.2, 0.25) is 0 Å². The maximum Gasteiger partial charge on any atom is 0.410 e. The lowest BCUT2D eigenvalue weighted by atomic mass is 9.65. The molecule has 1 saturated carbocycles. The van der Waals surface area contributed by atoms with E-state index in [9.17, 15) is 22.8 Å². The summed E-state index contributed by atoms with van der Waals surface area (Å²) in [5.41, 5.74) is 4.14. The number of nitrogens with zero attached hydrogens (tertiary/aromatic N) is 4. The van der Waals surface area contributed by atoms with Gasteiger partial charge in [0.1, 0.15) is 11.4 Å². The molecule has 2 amide bonds. The third kappa shape index (κ3) is 8.87. The molecule has 2 fully saturated rings. The van der Waals surface area contributed by atoms with Crippen molar-refractivity contribution in [3.63, 3.8) is 0 Å². The molecule has 0 spiro atoms. The van der Waals surface area contributed by atoms with Gasteiger partial charge in [-0.1, -0.05) is 31.4 Å². The Balaban J connectivity index is 1.20. The minimum atomic E-state index is -4.16. The van der Waals surface area contributed by atoms with Gasteiger partial charge in [-0.05, 0) is 92.5 Å². The van der Waals surface area contributed by atoms with E-state index in [4.69, 9.17) is 14.2 Å². The van der Waals surface area contributed by atoms with Gasteiger partial charge < -0.3 is 24.0 Å². The van der Waals surface area contributed by atoms with Crippen LogP contribution in [0.4, 0.5) is 10.5 Å². The largest absolute Gasteiger partial charge is 0.497 e. The van der Waals surface area contributed by atoms with Crippen molar-refractivity contribution >= 4 is 39.9 Å². The van der Waals surface area contributed by atoms with Crippen LogP contribution in [0, 0.1) is 5.92 Å². The average Bonchev–Trinajstić information content (AvgIpc) is 3.14. The van der Waals surface area contributed by atoms with Gasteiger partial charge in [0.2, 0.25) is 0 Å². The maximum atomic E-state index is 13.7. The van der Waals surface area contributed by atoms with Crippen LogP contribution in [-0.2, 0) is 24.5 Å². The lowest BCUT2D eigenvalue weighted by Crippen LogP contribution is -2.52. The van der Waals surface area contributed by atoms with E-state index in [0.717, 1.165) is 39.5 Å². The number of hydrogen-bond acceptors (Lipinski definition) is 10. The van der Waals surface area contributed by atoms with Crippen LogP contribution in [0.15, 0.2) is 42.0 Å². The summed E-state index contributed by atoms with van der Waals surface area (Å²) in [4.78, 5) is 45.1. The first-order valence-corrected chi connectivity index (χ1v) is 20.5. The van der Waals surface area contributed by atoms with Crippen molar-refractivity contribution in [2.45, 2.75) is 70.3 Å². The van der Waals surface area contributed by atoms with Gasteiger partial charge in [0.05, 0.1) is 26.3 Å². The fourth-order valence-corrected chi connectivity index (χ4v) is 9.23. The smallest absolute Gasteiger partial charge is 0.410 e. The predicted molar refractivity (Wildman–Crippen MR) is 207 cm³/mol. The van der Waals surface area contributed by atoms with Crippen molar-refractivity contribution in [3.8, 4) is 5.75 Å². The Labute approximate surface area is 319 Å². The molecule has 2 aromatic carbocycles. The molecule has 1 saturated heterocycles. The average molecular weight is 766 g/mol. The third-order valence-electron chi connectivity index (χ3n) is 11.2. The normalized spacial score (nSPS) is 20.9. The number of likely N-dealkylation sites (N-methyl/N-ethyl adjacent to an activating group) is 1. The summed E-state index contributed by atoms with van der Waals surface area (Å²) in [5, 5.41) is 0. The van der Waals surface area contributed by atoms with Crippen LogP contribution in [-0.4, -0.2) is 120 Å².